The first-order valence-electron chi connectivity index (χ1n) is 9.97. The minimum Gasteiger partial charge on any atom is -0.465 e. The number of nitrogens with zero attached hydrogens (tertiary/aromatic N) is 1. The van der Waals surface area contributed by atoms with Gasteiger partial charge in [-0.2, -0.15) is 0 Å². The number of aromatic nitrogens is 1. The molecule has 0 unspecified atom stereocenters. The first-order chi connectivity index (χ1) is 15.2. The molecule has 31 heavy (non-hydrogen) atoms. The first-order valence-corrected chi connectivity index (χ1v) is 10.8. The van der Waals surface area contributed by atoms with Crippen molar-refractivity contribution in [3.8, 4) is 11.1 Å². The zero-order chi connectivity index (χ0) is 21.6. The van der Waals surface area contributed by atoms with Gasteiger partial charge in [0.05, 0.1) is 13.3 Å². The molecule has 0 bridgehead atoms. The normalized spacial score (nSPS) is 12.4. The van der Waals surface area contributed by atoms with Gasteiger partial charge in [-0.25, -0.2) is 14.6 Å². The number of alkyl carbamates (subject to hydrolysis) is 1. The van der Waals surface area contributed by atoms with Crippen molar-refractivity contribution in [1.82, 2.24) is 10.3 Å². The highest BCUT2D eigenvalue weighted by Crippen LogP contribution is 2.44. The summed E-state index contributed by atoms with van der Waals surface area (Å²) in [5.41, 5.74) is 4.79. The molecule has 1 heterocycles. The van der Waals surface area contributed by atoms with Gasteiger partial charge in [0, 0.05) is 12.5 Å². The summed E-state index contributed by atoms with van der Waals surface area (Å²) in [5, 5.41) is 3.48. The molecule has 6 nitrogen and oxygen atoms in total. The van der Waals surface area contributed by atoms with Gasteiger partial charge >= 0.3 is 12.1 Å². The molecule has 3 aromatic rings. The van der Waals surface area contributed by atoms with Crippen LogP contribution in [0.25, 0.3) is 17.2 Å². The van der Waals surface area contributed by atoms with Crippen LogP contribution >= 0.6 is 11.3 Å². The molecule has 4 rings (SSSR count). The molecule has 1 aliphatic rings. The molecule has 0 saturated heterocycles. The Hall–Kier alpha value is -3.45. The molecular weight excluding hydrogens is 412 g/mol. The molecular formula is C24H22N2O4S. The van der Waals surface area contributed by atoms with E-state index in [1.807, 2.05) is 36.4 Å². The molecule has 0 aliphatic heterocycles. The van der Waals surface area contributed by atoms with Gasteiger partial charge in [0.2, 0.25) is 0 Å². The number of nitrogens with one attached hydrogen (secondary N) is 1. The summed E-state index contributed by atoms with van der Waals surface area (Å²) in [6.45, 7) is 0.744. The van der Waals surface area contributed by atoms with Crippen molar-refractivity contribution < 1.29 is 19.1 Å². The number of hydrogen-bond acceptors (Lipinski definition) is 6. The van der Waals surface area contributed by atoms with Gasteiger partial charge in [-0.3, -0.25) is 0 Å². The molecule has 2 aromatic carbocycles. The summed E-state index contributed by atoms with van der Waals surface area (Å²) in [5.74, 6) is -0.346. The second kappa shape index (κ2) is 9.57. The lowest BCUT2D eigenvalue weighted by Crippen LogP contribution is -2.26. The fraction of sp³-hybridized carbons (Fsp3) is 0.208. The van der Waals surface area contributed by atoms with Crippen LogP contribution in [0.15, 0.2) is 60.8 Å². The fourth-order valence-electron chi connectivity index (χ4n) is 3.65. The maximum Gasteiger partial charge on any atom is 0.407 e. The fourth-order valence-corrected chi connectivity index (χ4v) is 4.42. The molecule has 1 aromatic heterocycles. The van der Waals surface area contributed by atoms with Crippen LogP contribution in [0.3, 0.4) is 0 Å². The maximum absolute atomic E-state index is 12.1. The highest BCUT2D eigenvalue weighted by molar-refractivity contribution is 7.14. The van der Waals surface area contributed by atoms with Gasteiger partial charge in [-0.1, -0.05) is 54.6 Å². The van der Waals surface area contributed by atoms with Crippen LogP contribution in [-0.2, 0) is 9.47 Å². The SMILES string of the molecule is COC(=O)c1cnc(C=CCCNC(=O)OCC2c3ccccc3-c3ccccc32)s1. The zero-order valence-electron chi connectivity index (χ0n) is 17.0. The van der Waals surface area contributed by atoms with Gasteiger partial charge in [0.15, 0.2) is 0 Å². The zero-order valence-corrected chi connectivity index (χ0v) is 17.9. The average Bonchev–Trinajstić information content (AvgIpc) is 3.40. The lowest BCUT2D eigenvalue weighted by Gasteiger charge is -2.14. The van der Waals surface area contributed by atoms with Crippen molar-refractivity contribution >= 4 is 29.5 Å². The number of rotatable bonds is 7. The maximum atomic E-state index is 12.1. The molecule has 1 N–H and O–H groups in total. The number of carbonyl (C=O) groups excluding carboxylic acids is 2. The van der Waals surface area contributed by atoms with Crippen molar-refractivity contribution in [3.63, 3.8) is 0 Å². The quantitative estimate of drug-likeness (QED) is 0.424. The Bertz CT molecular complexity index is 1080. The van der Waals surface area contributed by atoms with Crippen molar-refractivity contribution in [2.45, 2.75) is 12.3 Å². The predicted octanol–water partition coefficient (Wildman–Crippen LogP) is 4.87. The van der Waals surface area contributed by atoms with Gasteiger partial charge in [-0.15, -0.1) is 11.3 Å². The van der Waals surface area contributed by atoms with E-state index in [4.69, 9.17) is 4.74 Å². The summed E-state index contributed by atoms with van der Waals surface area (Å²) in [4.78, 5) is 28.2. The summed E-state index contributed by atoms with van der Waals surface area (Å²) in [6.07, 6.45) is 5.39. The van der Waals surface area contributed by atoms with E-state index in [0.717, 1.165) is 0 Å². The van der Waals surface area contributed by atoms with Crippen LogP contribution in [0.5, 0.6) is 0 Å². The van der Waals surface area contributed by atoms with Crippen LogP contribution in [-0.4, -0.2) is 37.3 Å². The van der Waals surface area contributed by atoms with Gasteiger partial charge in [0.25, 0.3) is 0 Å². The van der Waals surface area contributed by atoms with Gasteiger partial charge in [0.1, 0.15) is 16.5 Å². The number of fused-ring (bicyclic) bond motifs is 3. The molecule has 0 spiro atoms. The lowest BCUT2D eigenvalue weighted by atomic mass is 9.98. The Labute approximate surface area is 184 Å². The molecule has 0 fully saturated rings. The van der Waals surface area contributed by atoms with E-state index in [1.165, 1.54) is 46.9 Å². The number of thiazole rings is 1. The molecule has 0 atom stereocenters. The third-order valence-corrected chi connectivity index (χ3v) is 6.04. The van der Waals surface area contributed by atoms with Crippen LogP contribution in [0.2, 0.25) is 0 Å². The number of benzene rings is 2. The topological polar surface area (TPSA) is 77.5 Å². The summed E-state index contributed by atoms with van der Waals surface area (Å²) in [6, 6.07) is 16.5. The van der Waals surface area contributed by atoms with Crippen molar-refractivity contribution in [3.05, 3.63) is 81.8 Å². The second-order valence-corrected chi connectivity index (χ2v) is 8.06. The Morgan fingerprint density at radius 1 is 1.10 bits per heavy atom. The Morgan fingerprint density at radius 3 is 2.45 bits per heavy atom. The first kappa shape index (κ1) is 20.8. The number of carbonyl (C=O) groups is 2. The Morgan fingerprint density at radius 2 is 1.77 bits per heavy atom. The molecule has 7 heteroatoms. The van der Waals surface area contributed by atoms with E-state index in [-0.39, 0.29) is 5.92 Å². The molecule has 1 amide bonds. The number of ether oxygens (including phenoxy) is 2. The Kier molecular flexibility index (Phi) is 6.43. The number of amides is 1. The van der Waals surface area contributed by atoms with Gasteiger partial charge < -0.3 is 14.8 Å². The van der Waals surface area contributed by atoms with Crippen LogP contribution in [0.1, 0.15) is 38.1 Å². The monoisotopic (exact) mass is 434 g/mol. The minimum atomic E-state index is -0.433. The lowest BCUT2D eigenvalue weighted by molar-refractivity contribution is 0.0606. The summed E-state index contributed by atoms with van der Waals surface area (Å²) >= 11 is 1.26. The van der Waals surface area contributed by atoms with E-state index >= 15 is 0 Å². The highest BCUT2D eigenvalue weighted by atomic mass is 32.1. The van der Waals surface area contributed by atoms with Gasteiger partial charge in [-0.05, 0) is 34.8 Å². The average molecular weight is 435 g/mol. The van der Waals surface area contributed by atoms with Crippen LogP contribution in [0, 0.1) is 0 Å². The van der Waals surface area contributed by atoms with E-state index in [1.54, 1.807) is 0 Å². The Balaban J connectivity index is 1.25. The molecule has 0 radical (unpaired) electrons. The van der Waals surface area contributed by atoms with Crippen molar-refractivity contribution in [2.75, 3.05) is 20.3 Å². The second-order valence-electron chi connectivity index (χ2n) is 7.00. The predicted molar refractivity (Wildman–Crippen MR) is 120 cm³/mol. The molecule has 1 aliphatic carbocycles. The van der Waals surface area contributed by atoms with E-state index in [9.17, 15) is 9.59 Å². The smallest absolute Gasteiger partial charge is 0.407 e. The number of methoxy groups -OCH3 is 1. The number of esters is 1. The third-order valence-electron chi connectivity index (χ3n) is 5.09. The van der Waals surface area contributed by atoms with Crippen molar-refractivity contribution in [1.29, 1.82) is 0 Å². The number of hydrogen-bond donors (Lipinski definition) is 1. The minimum absolute atomic E-state index is 0.0481. The van der Waals surface area contributed by atoms with Crippen LogP contribution in [0.4, 0.5) is 4.79 Å². The van der Waals surface area contributed by atoms with E-state index in [0.29, 0.717) is 29.5 Å². The highest BCUT2D eigenvalue weighted by Gasteiger charge is 2.28. The summed E-state index contributed by atoms with van der Waals surface area (Å²) < 4.78 is 10.2. The standard InChI is InChI=1S/C24H22N2O4S/c1-29-23(27)21-14-26-22(31-21)12-6-7-13-25-24(28)30-15-20-18-10-4-2-8-16(18)17-9-3-5-11-19(17)20/h2-6,8-12,14,20H,7,13,15H2,1H3,(H,25,28). The molecule has 0 saturated carbocycles. The third kappa shape index (κ3) is 4.67. The van der Waals surface area contributed by atoms with Crippen LogP contribution < -0.4 is 5.32 Å². The van der Waals surface area contributed by atoms with Crippen molar-refractivity contribution in [2.24, 2.45) is 0 Å². The van der Waals surface area contributed by atoms with E-state index in [2.05, 4.69) is 39.3 Å². The molecule has 158 valence electrons. The van der Waals surface area contributed by atoms with E-state index < -0.39 is 12.1 Å². The summed E-state index contributed by atoms with van der Waals surface area (Å²) in [7, 11) is 1.34. The largest absolute Gasteiger partial charge is 0.465 e.